The Kier molecular flexibility index (Phi) is 7.76. The smallest absolute Gasteiger partial charge is 0.240 e. The molecule has 3 rings (SSSR count). The number of amides is 2. The maximum atomic E-state index is 12.4. The molecule has 0 saturated carbocycles. The highest BCUT2D eigenvalue weighted by Gasteiger charge is 2.18. The fraction of sp³-hybridized carbons (Fsp3) is 0.348. The van der Waals surface area contributed by atoms with Crippen molar-refractivity contribution in [3.8, 4) is 0 Å². The van der Waals surface area contributed by atoms with Crippen LogP contribution in [-0.2, 0) is 26.2 Å². The average Bonchev–Trinajstić information content (AvgIpc) is 2.75. The van der Waals surface area contributed by atoms with Gasteiger partial charge < -0.3 is 10.2 Å². The zero-order chi connectivity index (χ0) is 23.1. The molecule has 2 amide bonds. The van der Waals surface area contributed by atoms with Gasteiger partial charge in [0.25, 0.3) is 0 Å². The van der Waals surface area contributed by atoms with Crippen molar-refractivity contribution in [1.29, 1.82) is 0 Å². The molecule has 170 valence electrons. The number of hydrogen-bond donors (Lipinski definition) is 2. The van der Waals surface area contributed by atoms with Crippen molar-refractivity contribution in [2.24, 2.45) is 0 Å². The lowest BCUT2D eigenvalue weighted by atomic mass is 10.1. The van der Waals surface area contributed by atoms with Crippen LogP contribution < -0.4 is 10.0 Å². The normalized spacial score (nSPS) is 14.3. The van der Waals surface area contributed by atoms with Gasteiger partial charge in [-0.1, -0.05) is 24.3 Å². The molecule has 0 bridgehead atoms. The number of carbonyl (C=O) groups excluding carboxylic acids is 3. The number of likely N-dealkylation sites (tertiary alicyclic amines) is 1. The largest absolute Gasteiger partial charge is 0.338 e. The third kappa shape index (κ3) is 6.48. The molecule has 2 N–H and O–H groups in total. The number of ketones is 1. The summed E-state index contributed by atoms with van der Waals surface area (Å²) in [5.74, 6) is -0.329. The lowest BCUT2D eigenvalue weighted by molar-refractivity contribution is -0.133. The Morgan fingerprint density at radius 1 is 1.06 bits per heavy atom. The fourth-order valence-electron chi connectivity index (χ4n) is 3.47. The minimum Gasteiger partial charge on any atom is -0.338 e. The van der Waals surface area contributed by atoms with E-state index in [9.17, 15) is 22.8 Å². The highest BCUT2D eigenvalue weighted by molar-refractivity contribution is 7.89. The van der Waals surface area contributed by atoms with Gasteiger partial charge in [0.2, 0.25) is 21.8 Å². The number of benzene rings is 2. The van der Waals surface area contributed by atoms with Gasteiger partial charge >= 0.3 is 0 Å². The van der Waals surface area contributed by atoms with E-state index >= 15 is 0 Å². The van der Waals surface area contributed by atoms with Gasteiger partial charge in [-0.2, -0.15) is 0 Å². The molecule has 32 heavy (non-hydrogen) atoms. The van der Waals surface area contributed by atoms with Gasteiger partial charge in [-0.25, -0.2) is 13.1 Å². The molecule has 1 heterocycles. The van der Waals surface area contributed by atoms with Crippen LogP contribution in [0, 0.1) is 0 Å². The molecule has 9 heteroatoms. The summed E-state index contributed by atoms with van der Waals surface area (Å²) in [5.41, 5.74) is 1.95. The maximum absolute atomic E-state index is 12.4. The summed E-state index contributed by atoms with van der Waals surface area (Å²) in [6, 6.07) is 12.9. The number of Topliss-reactive ketones (excluding diaryl/α,β-unsaturated/α-hetero) is 1. The fourth-order valence-corrected chi connectivity index (χ4v) is 4.50. The zero-order valence-corrected chi connectivity index (χ0v) is 18.8. The van der Waals surface area contributed by atoms with Gasteiger partial charge in [0, 0.05) is 43.7 Å². The van der Waals surface area contributed by atoms with Gasteiger partial charge in [0.05, 0.1) is 4.90 Å². The van der Waals surface area contributed by atoms with E-state index in [-0.39, 0.29) is 35.5 Å². The van der Waals surface area contributed by atoms with Gasteiger partial charge in [-0.15, -0.1) is 0 Å². The second-order valence-electron chi connectivity index (χ2n) is 7.75. The number of piperidine rings is 1. The van der Waals surface area contributed by atoms with Gasteiger partial charge in [0.1, 0.15) is 0 Å². The molecule has 2 aromatic rings. The Hall–Kier alpha value is -3.04. The SMILES string of the molecule is CC(=O)c1ccc(S(=O)(=O)NCCC(=O)Nc2cccc(CN3CCCCC3=O)c2)cc1. The van der Waals surface area contributed by atoms with Crippen LogP contribution in [0.3, 0.4) is 0 Å². The van der Waals surface area contributed by atoms with Crippen molar-refractivity contribution < 1.29 is 22.8 Å². The topological polar surface area (TPSA) is 113 Å². The maximum Gasteiger partial charge on any atom is 0.240 e. The first-order valence-electron chi connectivity index (χ1n) is 10.5. The Morgan fingerprint density at radius 3 is 2.50 bits per heavy atom. The van der Waals surface area contributed by atoms with Gasteiger partial charge in [-0.3, -0.25) is 14.4 Å². The third-order valence-electron chi connectivity index (χ3n) is 5.22. The van der Waals surface area contributed by atoms with E-state index in [1.54, 1.807) is 6.07 Å². The second-order valence-corrected chi connectivity index (χ2v) is 9.52. The summed E-state index contributed by atoms with van der Waals surface area (Å²) < 4.78 is 27.1. The first-order valence-corrected chi connectivity index (χ1v) is 12.0. The minimum atomic E-state index is -3.78. The Balaban J connectivity index is 1.50. The molecular formula is C23H27N3O5S. The Labute approximate surface area is 188 Å². The summed E-state index contributed by atoms with van der Waals surface area (Å²) in [6.07, 6.45) is 2.46. The van der Waals surface area contributed by atoms with Crippen molar-refractivity contribution in [1.82, 2.24) is 9.62 Å². The van der Waals surface area contributed by atoms with Crippen LogP contribution in [-0.4, -0.2) is 44.0 Å². The number of anilines is 1. The number of rotatable bonds is 9. The molecule has 1 saturated heterocycles. The van der Waals surface area contributed by atoms with Crippen LogP contribution >= 0.6 is 0 Å². The quantitative estimate of drug-likeness (QED) is 0.562. The number of nitrogens with one attached hydrogen (secondary N) is 2. The first-order chi connectivity index (χ1) is 15.2. The van der Waals surface area contributed by atoms with Gasteiger partial charge in [-0.05, 0) is 49.6 Å². The Morgan fingerprint density at radius 2 is 1.81 bits per heavy atom. The number of carbonyl (C=O) groups is 3. The van der Waals surface area contributed by atoms with E-state index in [0.717, 1.165) is 24.9 Å². The van der Waals surface area contributed by atoms with E-state index in [0.29, 0.717) is 24.2 Å². The zero-order valence-electron chi connectivity index (χ0n) is 18.0. The van der Waals surface area contributed by atoms with E-state index in [4.69, 9.17) is 0 Å². The van der Waals surface area contributed by atoms with Crippen molar-refractivity contribution >= 4 is 33.3 Å². The summed E-state index contributed by atoms with van der Waals surface area (Å²) in [5, 5.41) is 2.76. The van der Waals surface area contributed by atoms with Crippen molar-refractivity contribution in [3.63, 3.8) is 0 Å². The molecule has 0 unspecified atom stereocenters. The lowest BCUT2D eigenvalue weighted by Gasteiger charge is -2.26. The highest BCUT2D eigenvalue weighted by atomic mass is 32.2. The minimum absolute atomic E-state index is 0.0304. The molecule has 1 fully saturated rings. The van der Waals surface area contributed by atoms with Crippen LogP contribution in [0.15, 0.2) is 53.4 Å². The lowest BCUT2D eigenvalue weighted by Crippen LogP contribution is -2.34. The summed E-state index contributed by atoms with van der Waals surface area (Å²) >= 11 is 0. The van der Waals surface area contributed by atoms with E-state index in [2.05, 4.69) is 10.0 Å². The standard InChI is InChI=1S/C23H27N3O5S/c1-17(27)19-8-10-21(11-9-19)32(30,31)24-13-12-22(28)25-20-6-4-5-18(15-20)16-26-14-3-2-7-23(26)29/h4-6,8-11,15,24H,2-3,7,12-14,16H2,1H3,(H,25,28). The van der Waals surface area contributed by atoms with Crippen LogP contribution in [0.4, 0.5) is 5.69 Å². The van der Waals surface area contributed by atoms with Gasteiger partial charge in [0.15, 0.2) is 5.78 Å². The van der Waals surface area contributed by atoms with E-state index in [1.165, 1.54) is 31.2 Å². The summed E-state index contributed by atoms with van der Waals surface area (Å²) in [4.78, 5) is 37.4. The van der Waals surface area contributed by atoms with Crippen molar-refractivity contribution in [3.05, 3.63) is 59.7 Å². The van der Waals surface area contributed by atoms with Crippen molar-refractivity contribution in [2.75, 3.05) is 18.4 Å². The second kappa shape index (κ2) is 10.5. The number of nitrogens with zero attached hydrogens (tertiary/aromatic N) is 1. The van der Waals surface area contributed by atoms with E-state index < -0.39 is 10.0 Å². The summed E-state index contributed by atoms with van der Waals surface area (Å²) in [7, 11) is -3.78. The molecule has 0 aliphatic carbocycles. The molecular weight excluding hydrogens is 430 g/mol. The molecule has 0 spiro atoms. The monoisotopic (exact) mass is 457 g/mol. The number of hydrogen-bond acceptors (Lipinski definition) is 5. The van der Waals surface area contributed by atoms with Crippen LogP contribution in [0.1, 0.15) is 48.5 Å². The first kappa shape index (κ1) is 23.6. The van der Waals surface area contributed by atoms with Crippen LogP contribution in [0.5, 0.6) is 0 Å². The van der Waals surface area contributed by atoms with Crippen molar-refractivity contribution in [2.45, 2.75) is 44.0 Å². The molecule has 2 aromatic carbocycles. The molecule has 0 radical (unpaired) electrons. The van der Waals surface area contributed by atoms with Crippen LogP contribution in [0.25, 0.3) is 0 Å². The number of sulfonamides is 1. The summed E-state index contributed by atoms with van der Waals surface area (Å²) in [6.45, 7) is 2.59. The average molecular weight is 458 g/mol. The third-order valence-corrected chi connectivity index (χ3v) is 6.70. The molecule has 0 aromatic heterocycles. The Bertz CT molecular complexity index is 1100. The molecule has 1 aliphatic rings. The van der Waals surface area contributed by atoms with Crippen LogP contribution in [0.2, 0.25) is 0 Å². The predicted octanol–water partition coefficient (Wildman–Crippen LogP) is 2.71. The molecule has 1 aliphatic heterocycles. The molecule has 0 atom stereocenters. The van der Waals surface area contributed by atoms with E-state index in [1.807, 2.05) is 23.1 Å². The predicted molar refractivity (Wildman–Crippen MR) is 121 cm³/mol. The molecule has 8 nitrogen and oxygen atoms in total. The highest BCUT2D eigenvalue weighted by Crippen LogP contribution is 2.17.